The molecule has 0 radical (unpaired) electrons. The molecule has 0 bridgehead atoms. The van der Waals surface area contributed by atoms with Gasteiger partial charge >= 0.3 is 6.18 Å². The van der Waals surface area contributed by atoms with Crippen LogP contribution >= 0.6 is 23.2 Å². The third-order valence-electron chi connectivity index (χ3n) is 2.74. The molecule has 0 aliphatic rings. The van der Waals surface area contributed by atoms with Crippen LogP contribution in [0.4, 0.5) is 18.9 Å². The quantitative estimate of drug-likeness (QED) is 0.793. The number of nitrogens with one attached hydrogen (secondary N) is 1. The zero-order valence-corrected chi connectivity index (χ0v) is 13.7. The minimum absolute atomic E-state index is 0.0565. The molecule has 0 saturated carbocycles. The highest BCUT2D eigenvalue weighted by Crippen LogP contribution is 2.39. The Hall–Kier alpha value is -2.50. The van der Waals surface area contributed by atoms with E-state index >= 15 is 0 Å². The van der Waals surface area contributed by atoms with Crippen LogP contribution in [0.2, 0.25) is 10.0 Å². The predicted molar refractivity (Wildman–Crippen MR) is 84.6 cm³/mol. The summed E-state index contributed by atoms with van der Waals surface area (Å²) in [5.74, 6) is -1.03. The van der Waals surface area contributed by atoms with Crippen molar-refractivity contribution < 1.29 is 22.7 Å². The second-order valence-corrected chi connectivity index (χ2v) is 5.43. The van der Waals surface area contributed by atoms with Crippen molar-refractivity contribution in [3.05, 3.63) is 46.1 Å². The van der Waals surface area contributed by atoms with E-state index in [1.807, 2.05) is 0 Å². The Balaban J connectivity index is 2.26. The molecule has 0 unspecified atom stereocenters. The molecule has 2 aromatic rings. The van der Waals surface area contributed by atoms with Gasteiger partial charge in [-0.05, 0) is 18.2 Å². The topological polar surface area (TPSA) is 75.0 Å². The number of aromatic nitrogens is 1. The largest absolute Gasteiger partial charge is 0.436 e. The first kappa shape index (κ1) is 18.8. The highest BCUT2D eigenvalue weighted by molar-refractivity contribution is 6.37. The molecular formula is C15H8Cl2F3N3O2. The number of hydrogen-bond acceptors (Lipinski definition) is 4. The van der Waals surface area contributed by atoms with Crippen LogP contribution in [0.3, 0.4) is 0 Å². The minimum Gasteiger partial charge on any atom is -0.436 e. The van der Waals surface area contributed by atoms with Crippen molar-refractivity contribution >= 4 is 34.8 Å². The van der Waals surface area contributed by atoms with Gasteiger partial charge in [0.2, 0.25) is 11.8 Å². The molecule has 0 aliphatic heterocycles. The molecule has 10 heteroatoms. The summed E-state index contributed by atoms with van der Waals surface area (Å²) in [6.07, 6.45) is -4.98. The first-order valence-corrected chi connectivity index (χ1v) is 7.34. The Morgan fingerprint density at radius 2 is 1.92 bits per heavy atom. The second kappa shape index (κ2) is 7.59. The molecule has 1 aromatic carbocycles. The molecule has 25 heavy (non-hydrogen) atoms. The van der Waals surface area contributed by atoms with E-state index in [1.54, 1.807) is 6.07 Å². The summed E-state index contributed by atoms with van der Waals surface area (Å²) >= 11 is 12.0. The van der Waals surface area contributed by atoms with Crippen LogP contribution in [0.25, 0.3) is 0 Å². The van der Waals surface area contributed by atoms with Crippen molar-refractivity contribution in [1.29, 1.82) is 5.26 Å². The monoisotopic (exact) mass is 389 g/mol. The molecule has 0 saturated heterocycles. The van der Waals surface area contributed by atoms with Crippen molar-refractivity contribution in [3.8, 4) is 17.7 Å². The van der Waals surface area contributed by atoms with Crippen LogP contribution in [0.1, 0.15) is 12.1 Å². The van der Waals surface area contributed by atoms with Gasteiger partial charge in [0.25, 0.3) is 0 Å². The molecule has 2 rings (SSSR count). The number of nitriles is 1. The van der Waals surface area contributed by atoms with E-state index in [0.717, 1.165) is 12.1 Å². The molecular weight excluding hydrogens is 382 g/mol. The van der Waals surface area contributed by atoms with Crippen molar-refractivity contribution in [2.24, 2.45) is 0 Å². The normalized spacial score (nSPS) is 10.9. The number of benzene rings is 1. The number of hydrogen-bond donors (Lipinski definition) is 1. The van der Waals surface area contributed by atoms with Crippen LogP contribution in [0.5, 0.6) is 11.6 Å². The smallest absolute Gasteiger partial charge is 0.433 e. The van der Waals surface area contributed by atoms with Crippen LogP contribution < -0.4 is 10.1 Å². The first-order chi connectivity index (χ1) is 11.7. The molecule has 0 spiro atoms. The fourth-order valence-electron chi connectivity index (χ4n) is 1.74. The van der Waals surface area contributed by atoms with Crippen LogP contribution in [0, 0.1) is 11.3 Å². The van der Waals surface area contributed by atoms with Crippen LogP contribution in [0.15, 0.2) is 30.3 Å². The molecule has 0 aliphatic carbocycles. The van der Waals surface area contributed by atoms with Gasteiger partial charge < -0.3 is 10.1 Å². The Morgan fingerprint density at radius 1 is 1.28 bits per heavy atom. The van der Waals surface area contributed by atoms with Crippen molar-refractivity contribution in [2.45, 2.75) is 12.6 Å². The average molecular weight is 390 g/mol. The van der Waals surface area contributed by atoms with E-state index in [-0.39, 0.29) is 33.8 Å². The standard InChI is InChI=1S/C15H8Cl2F3N3O2/c16-9-6-8(22-12(24)4-5-21)7-10(17)14(9)25-13-3-1-2-11(23-13)15(18,19)20/h1-3,6-7H,4H2,(H,22,24). The minimum atomic E-state index is -4.62. The van der Waals surface area contributed by atoms with Crippen LogP contribution in [-0.4, -0.2) is 10.9 Å². The van der Waals surface area contributed by atoms with Gasteiger partial charge in [-0.1, -0.05) is 29.3 Å². The number of pyridine rings is 1. The summed E-state index contributed by atoms with van der Waals surface area (Å²) < 4.78 is 43.3. The maximum atomic E-state index is 12.7. The number of ether oxygens (including phenoxy) is 1. The molecule has 1 aromatic heterocycles. The number of alkyl halides is 3. The lowest BCUT2D eigenvalue weighted by Gasteiger charge is -2.12. The molecule has 0 fully saturated rings. The number of halogens is 5. The van der Waals surface area contributed by atoms with Gasteiger partial charge in [0, 0.05) is 11.8 Å². The SMILES string of the molecule is N#CCC(=O)Nc1cc(Cl)c(Oc2cccc(C(F)(F)F)n2)c(Cl)c1. The van der Waals surface area contributed by atoms with Crippen molar-refractivity contribution in [1.82, 2.24) is 4.98 Å². The summed E-state index contributed by atoms with van der Waals surface area (Å²) in [6, 6.07) is 7.38. The van der Waals surface area contributed by atoms with E-state index in [4.69, 9.17) is 33.2 Å². The number of amides is 1. The summed E-state index contributed by atoms with van der Waals surface area (Å²) in [6.45, 7) is 0. The summed E-state index contributed by atoms with van der Waals surface area (Å²) in [4.78, 5) is 14.7. The molecule has 1 heterocycles. The highest BCUT2D eigenvalue weighted by atomic mass is 35.5. The van der Waals surface area contributed by atoms with E-state index in [0.29, 0.717) is 0 Å². The Labute approximate surface area is 149 Å². The number of nitrogens with zero attached hydrogens (tertiary/aromatic N) is 2. The van der Waals surface area contributed by atoms with Crippen LogP contribution in [-0.2, 0) is 11.0 Å². The highest BCUT2D eigenvalue weighted by Gasteiger charge is 2.32. The van der Waals surface area contributed by atoms with E-state index in [2.05, 4.69) is 10.3 Å². The third kappa shape index (κ3) is 4.98. The fraction of sp³-hybridized carbons (Fsp3) is 0.133. The van der Waals surface area contributed by atoms with Gasteiger partial charge in [-0.25, -0.2) is 4.98 Å². The van der Waals surface area contributed by atoms with Gasteiger partial charge in [0.1, 0.15) is 12.1 Å². The molecule has 130 valence electrons. The summed E-state index contributed by atoms with van der Waals surface area (Å²) in [5, 5.41) is 10.7. The lowest BCUT2D eigenvalue weighted by atomic mass is 10.3. The molecule has 1 N–H and O–H groups in total. The number of rotatable bonds is 4. The molecule has 5 nitrogen and oxygen atoms in total. The number of anilines is 1. The van der Waals surface area contributed by atoms with Crippen molar-refractivity contribution in [3.63, 3.8) is 0 Å². The van der Waals surface area contributed by atoms with Gasteiger partial charge in [-0.2, -0.15) is 18.4 Å². The summed E-state index contributed by atoms with van der Waals surface area (Å²) in [5.41, 5.74) is -0.919. The van der Waals surface area contributed by atoms with E-state index in [9.17, 15) is 18.0 Å². The van der Waals surface area contributed by atoms with Gasteiger partial charge in [-0.3, -0.25) is 4.79 Å². The maximum absolute atomic E-state index is 12.7. The Bertz CT molecular complexity index is 828. The third-order valence-corrected chi connectivity index (χ3v) is 3.30. The van der Waals surface area contributed by atoms with Gasteiger partial charge in [0.05, 0.1) is 16.1 Å². The molecule has 1 amide bonds. The lowest BCUT2D eigenvalue weighted by molar-refractivity contribution is -0.141. The van der Waals surface area contributed by atoms with Gasteiger partial charge in [0.15, 0.2) is 5.75 Å². The second-order valence-electron chi connectivity index (χ2n) is 4.61. The number of carbonyl (C=O) groups is 1. The Morgan fingerprint density at radius 3 is 2.48 bits per heavy atom. The van der Waals surface area contributed by atoms with E-state index < -0.39 is 17.8 Å². The number of carbonyl (C=O) groups excluding carboxylic acids is 1. The van der Waals surface area contributed by atoms with Gasteiger partial charge in [-0.15, -0.1) is 0 Å². The summed E-state index contributed by atoms with van der Waals surface area (Å²) in [7, 11) is 0. The lowest BCUT2D eigenvalue weighted by Crippen LogP contribution is -2.10. The maximum Gasteiger partial charge on any atom is 0.433 e. The first-order valence-electron chi connectivity index (χ1n) is 6.58. The Kier molecular flexibility index (Phi) is 5.72. The average Bonchev–Trinajstić information content (AvgIpc) is 2.50. The predicted octanol–water partition coefficient (Wildman–Crippen LogP) is 5.05. The zero-order valence-electron chi connectivity index (χ0n) is 12.2. The molecule has 0 atom stereocenters. The zero-order chi connectivity index (χ0) is 18.6. The van der Waals surface area contributed by atoms with E-state index in [1.165, 1.54) is 18.2 Å². The fourth-order valence-corrected chi connectivity index (χ4v) is 2.30. The van der Waals surface area contributed by atoms with Crippen molar-refractivity contribution in [2.75, 3.05) is 5.32 Å².